The number of carbonyl (C=O) groups excluding carboxylic acids is 1. The molecule has 0 saturated carbocycles. The number of nitrogens with one attached hydrogen (secondary N) is 1. The molecule has 1 aliphatic rings. The molecule has 1 aliphatic heterocycles. The van der Waals surface area contributed by atoms with Crippen LogP contribution in [-0.4, -0.2) is 60.4 Å². The van der Waals surface area contributed by atoms with Crippen LogP contribution in [0.5, 0.6) is 0 Å². The number of aromatic nitrogens is 1. The molecule has 0 aliphatic carbocycles. The highest BCUT2D eigenvalue weighted by Gasteiger charge is 2.48. The van der Waals surface area contributed by atoms with Gasteiger partial charge in [-0.05, 0) is 13.3 Å². The van der Waals surface area contributed by atoms with E-state index in [1.165, 1.54) is 11.3 Å². The summed E-state index contributed by atoms with van der Waals surface area (Å²) in [5, 5.41) is 14.5. The lowest BCUT2D eigenvalue weighted by Gasteiger charge is -2.49. The van der Waals surface area contributed by atoms with Crippen molar-refractivity contribution >= 4 is 22.4 Å². The number of nitrogens with zero attached hydrogens (tertiary/aromatic N) is 2. The van der Waals surface area contributed by atoms with Gasteiger partial charge in [-0.1, -0.05) is 25.2 Å². The number of hydrogen-bond acceptors (Lipinski definition) is 6. The summed E-state index contributed by atoms with van der Waals surface area (Å²) >= 11 is 1.37. The third kappa shape index (κ3) is 2.98. The van der Waals surface area contributed by atoms with E-state index < -0.39 is 11.0 Å². The molecular weight excluding hydrogens is 302 g/mol. The lowest BCUT2D eigenvalue weighted by molar-refractivity contribution is -0.144. The van der Waals surface area contributed by atoms with E-state index in [-0.39, 0.29) is 12.5 Å². The van der Waals surface area contributed by atoms with Crippen LogP contribution in [0.2, 0.25) is 0 Å². The van der Waals surface area contributed by atoms with Crippen LogP contribution >= 0.6 is 11.3 Å². The van der Waals surface area contributed by atoms with Crippen LogP contribution in [0, 0.1) is 12.3 Å². The zero-order valence-electron chi connectivity index (χ0n) is 13.9. The molecule has 0 radical (unpaired) electrons. The van der Waals surface area contributed by atoms with Crippen LogP contribution in [0.25, 0.3) is 0 Å². The van der Waals surface area contributed by atoms with Crippen molar-refractivity contribution in [3.8, 4) is 0 Å². The molecule has 1 atom stereocenters. The Labute approximate surface area is 135 Å². The molecule has 124 valence electrons. The van der Waals surface area contributed by atoms with E-state index in [0.29, 0.717) is 24.4 Å². The van der Waals surface area contributed by atoms with Crippen LogP contribution in [0.4, 0.5) is 5.13 Å². The van der Waals surface area contributed by atoms with Crippen LogP contribution in [0.3, 0.4) is 0 Å². The number of piperidine rings is 1. The highest BCUT2D eigenvalue weighted by atomic mass is 32.1. The summed E-state index contributed by atoms with van der Waals surface area (Å²) in [5.41, 5.74) is -0.589. The first-order chi connectivity index (χ1) is 10.2. The van der Waals surface area contributed by atoms with Crippen molar-refractivity contribution in [2.24, 2.45) is 5.41 Å². The Morgan fingerprint density at radius 3 is 2.73 bits per heavy atom. The Balaban J connectivity index is 2.18. The van der Waals surface area contributed by atoms with Crippen molar-refractivity contribution in [3.05, 3.63) is 10.6 Å². The van der Waals surface area contributed by atoms with E-state index in [2.05, 4.69) is 10.3 Å². The largest absolute Gasteiger partial charge is 0.387 e. The maximum Gasteiger partial charge on any atom is 0.265 e. The zero-order chi connectivity index (χ0) is 16.5. The SMILES string of the molecule is CNc1nc(C)c(C(=O)N2CC[C@@](O)(COC)C(C)(C)C2)s1. The smallest absolute Gasteiger partial charge is 0.265 e. The molecule has 1 aromatic heterocycles. The maximum atomic E-state index is 12.8. The average Bonchev–Trinajstić information content (AvgIpc) is 2.83. The van der Waals surface area contributed by atoms with Gasteiger partial charge < -0.3 is 20.1 Å². The molecule has 6 nitrogen and oxygen atoms in total. The van der Waals surface area contributed by atoms with Gasteiger partial charge in [0.25, 0.3) is 5.91 Å². The molecule has 2 heterocycles. The predicted molar refractivity (Wildman–Crippen MR) is 87.5 cm³/mol. The van der Waals surface area contributed by atoms with Crippen molar-refractivity contribution in [2.75, 3.05) is 39.2 Å². The highest BCUT2D eigenvalue weighted by molar-refractivity contribution is 7.17. The van der Waals surface area contributed by atoms with Gasteiger partial charge in [-0.2, -0.15) is 0 Å². The molecular formula is C15H25N3O3S. The molecule has 2 rings (SSSR count). The van der Waals surface area contributed by atoms with E-state index in [0.717, 1.165) is 10.8 Å². The summed E-state index contributed by atoms with van der Waals surface area (Å²) in [7, 11) is 3.38. The third-order valence-corrected chi connectivity index (χ3v) is 5.68. The number of rotatable bonds is 4. The molecule has 1 saturated heterocycles. The highest BCUT2D eigenvalue weighted by Crippen LogP contribution is 2.39. The van der Waals surface area contributed by atoms with Gasteiger partial charge in [0, 0.05) is 32.7 Å². The topological polar surface area (TPSA) is 74.7 Å². The van der Waals surface area contributed by atoms with Crippen molar-refractivity contribution in [1.29, 1.82) is 0 Å². The normalized spacial score (nSPS) is 24.4. The fourth-order valence-corrected chi connectivity index (χ4v) is 3.77. The van der Waals surface area contributed by atoms with E-state index >= 15 is 0 Å². The number of likely N-dealkylation sites (tertiary alicyclic amines) is 1. The summed E-state index contributed by atoms with van der Waals surface area (Å²) in [6.45, 7) is 7.10. The number of carbonyl (C=O) groups is 1. The second-order valence-corrected chi connectivity index (χ2v) is 7.51. The lowest BCUT2D eigenvalue weighted by Crippen LogP contribution is -2.60. The summed E-state index contributed by atoms with van der Waals surface area (Å²) in [6, 6.07) is 0. The number of ether oxygens (including phenoxy) is 1. The lowest BCUT2D eigenvalue weighted by atomic mass is 9.70. The van der Waals surface area contributed by atoms with E-state index in [4.69, 9.17) is 4.74 Å². The van der Waals surface area contributed by atoms with Crippen LogP contribution in [0.1, 0.15) is 35.6 Å². The van der Waals surface area contributed by atoms with Crippen LogP contribution in [0.15, 0.2) is 0 Å². The minimum absolute atomic E-state index is 0.0101. The number of aryl methyl sites for hydroxylation is 1. The van der Waals surface area contributed by atoms with Crippen molar-refractivity contribution in [2.45, 2.75) is 32.8 Å². The summed E-state index contributed by atoms with van der Waals surface area (Å²) in [4.78, 5) is 19.6. The average molecular weight is 327 g/mol. The first kappa shape index (κ1) is 17.2. The number of hydrogen-bond donors (Lipinski definition) is 2. The maximum absolute atomic E-state index is 12.8. The molecule has 0 spiro atoms. The number of anilines is 1. The van der Waals surface area contributed by atoms with Gasteiger partial charge in [-0.25, -0.2) is 4.98 Å². The monoisotopic (exact) mass is 327 g/mol. The molecule has 0 unspecified atom stereocenters. The van der Waals surface area contributed by atoms with Gasteiger partial charge in [0.15, 0.2) is 5.13 Å². The number of methoxy groups -OCH3 is 1. The van der Waals surface area contributed by atoms with E-state index in [1.54, 1.807) is 14.2 Å². The Bertz CT molecular complexity index is 558. The fraction of sp³-hybridized carbons (Fsp3) is 0.733. The summed E-state index contributed by atoms with van der Waals surface area (Å²) in [6.07, 6.45) is 0.510. The molecule has 1 amide bonds. The van der Waals surface area contributed by atoms with Crippen LogP contribution < -0.4 is 5.32 Å². The van der Waals surface area contributed by atoms with Gasteiger partial charge in [-0.3, -0.25) is 4.79 Å². The molecule has 0 aromatic carbocycles. The summed E-state index contributed by atoms with van der Waals surface area (Å²) in [5.74, 6) is -0.0101. The Morgan fingerprint density at radius 2 is 2.23 bits per heavy atom. The fourth-order valence-electron chi connectivity index (χ4n) is 2.89. The second kappa shape index (κ2) is 6.14. The van der Waals surface area contributed by atoms with Gasteiger partial charge in [0.2, 0.25) is 0 Å². The van der Waals surface area contributed by atoms with Crippen molar-refractivity contribution < 1.29 is 14.6 Å². The van der Waals surface area contributed by atoms with Crippen molar-refractivity contribution in [1.82, 2.24) is 9.88 Å². The van der Waals surface area contributed by atoms with Crippen molar-refractivity contribution in [3.63, 3.8) is 0 Å². The van der Waals surface area contributed by atoms with Gasteiger partial charge in [-0.15, -0.1) is 0 Å². The predicted octanol–water partition coefficient (Wildman–Crippen LogP) is 1.74. The quantitative estimate of drug-likeness (QED) is 0.881. The van der Waals surface area contributed by atoms with E-state index in [1.807, 2.05) is 25.7 Å². The van der Waals surface area contributed by atoms with Gasteiger partial charge in [0.1, 0.15) is 4.88 Å². The molecule has 2 N–H and O–H groups in total. The minimum atomic E-state index is -0.905. The molecule has 7 heteroatoms. The third-order valence-electron chi connectivity index (χ3n) is 4.52. The zero-order valence-corrected chi connectivity index (χ0v) is 14.7. The number of amides is 1. The molecule has 1 aromatic rings. The van der Waals surface area contributed by atoms with Gasteiger partial charge >= 0.3 is 0 Å². The van der Waals surface area contributed by atoms with Gasteiger partial charge in [0.05, 0.1) is 17.9 Å². The number of thiazole rings is 1. The second-order valence-electron chi connectivity index (χ2n) is 6.51. The Kier molecular flexibility index (Phi) is 4.79. The summed E-state index contributed by atoms with van der Waals surface area (Å²) < 4.78 is 5.17. The molecule has 1 fully saturated rings. The Hall–Kier alpha value is -1.18. The standard InChI is InChI=1S/C15H25N3O3S/c1-10-11(22-13(16-4)17-10)12(19)18-7-6-15(20,9-21-5)14(2,3)8-18/h20H,6-9H2,1-5H3,(H,16,17)/t15-/m1/s1. The first-order valence-corrected chi connectivity index (χ1v) is 8.21. The van der Waals surface area contributed by atoms with E-state index in [9.17, 15) is 9.90 Å². The Morgan fingerprint density at radius 1 is 1.55 bits per heavy atom. The first-order valence-electron chi connectivity index (χ1n) is 7.40. The molecule has 0 bridgehead atoms. The molecule has 22 heavy (non-hydrogen) atoms. The number of aliphatic hydroxyl groups is 1. The van der Waals surface area contributed by atoms with Crippen LogP contribution in [-0.2, 0) is 4.74 Å². The minimum Gasteiger partial charge on any atom is -0.387 e.